The molecule has 0 unspecified atom stereocenters. The molecule has 0 fully saturated rings. The lowest BCUT2D eigenvalue weighted by Gasteiger charge is -2.31. The van der Waals surface area contributed by atoms with E-state index in [1.54, 1.807) is 6.20 Å². The van der Waals surface area contributed by atoms with Crippen molar-refractivity contribution in [1.29, 1.82) is 5.26 Å². The Morgan fingerprint density at radius 3 is 2.48 bits per heavy atom. The third-order valence-electron chi connectivity index (χ3n) is 3.37. The zero-order chi connectivity index (χ0) is 18.3. The maximum absolute atomic E-state index is 9.04. The van der Waals surface area contributed by atoms with Crippen LogP contribution in [0.2, 0.25) is 0 Å². The molecular weight excluding hydrogens is 312 g/mol. The molecular formula is C20H22N4O. The van der Waals surface area contributed by atoms with Crippen LogP contribution in [-0.2, 0) is 6.54 Å². The molecule has 0 bridgehead atoms. The lowest BCUT2D eigenvalue weighted by Crippen LogP contribution is -2.33. The SMILES string of the molecule is CC(C)(C)CN(Cc1ccc(C#CCO)cc1)c1ccnc(C#N)n1. The molecule has 0 aliphatic rings. The van der Waals surface area contributed by atoms with Crippen molar-refractivity contribution < 1.29 is 5.11 Å². The normalized spacial score (nSPS) is 10.5. The second-order valence-electron chi connectivity index (χ2n) is 6.92. The summed E-state index contributed by atoms with van der Waals surface area (Å²) in [6.07, 6.45) is 1.62. The van der Waals surface area contributed by atoms with Crippen LogP contribution >= 0.6 is 0 Å². The zero-order valence-electron chi connectivity index (χ0n) is 14.8. The molecule has 1 N–H and O–H groups in total. The number of hydrogen-bond acceptors (Lipinski definition) is 5. The summed E-state index contributed by atoms with van der Waals surface area (Å²) in [4.78, 5) is 10.4. The maximum Gasteiger partial charge on any atom is 0.234 e. The molecule has 2 aromatic rings. The van der Waals surface area contributed by atoms with Crippen LogP contribution in [0, 0.1) is 28.6 Å². The number of aliphatic hydroxyl groups excluding tert-OH is 1. The fourth-order valence-corrected chi connectivity index (χ4v) is 2.43. The Morgan fingerprint density at radius 2 is 1.88 bits per heavy atom. The van der Waals surface area contributed by atoms with Gasteiger partial charge in [0.05, 0.1) is 0 Å². The van der Waals surface area contributed by atoms with Crippen molar-refractivity contribution in [2.75, 3.05) is 18.1 Å². The minimum atomic E-state index is -0.143. The third kappa shape index (κ3) is 5.91. The Labute approximate surface area is 149 Å². The maximum atomic E-state index is 9.04. The van der Waals surface area contributed by atoms with Gasteiger partial charge in [-0.3, -0.25) is 0 Å². The quantitative estimate of drug-likeness (QED) is 0.870. The Balaban J connectivity index is 2.25. The molecule has 5 nitrogen and oxygen atoms in total. The van der Waals surface area contributed by atoms with Gasteiger partial charge in [0, 0.05) is 24.8 Å². The minimum absolute atomic E-state index is 0.0737. The van der Waals surface area contributed by atoms with Crippen LogP contribution in [0.3, 0.4) is 0 Å². The summed E-state index contributed by atoms with van der Waals surface area (Å²) in [5.41, 5.74) is 2.06. The number of hydrogen-bond donors (Lipinski definition) is 1. The van der Waals surface area contributed by atoms with E-state index in [0.29, 0.717) is 6.54 Å². The van der Waals surface area contributed by atoms with Crippen molar-refractivity contribution >= 4 is 5.82 Å². The summed E-state index contributed by atoms with van der Waals surface area (Å²) in [6, 6.07) is 11.7. The van der Waals surface area contributed by atoms with Gasteiger partial charge in [0.1, 0.15) is 18.5 Å². The van der Waals surface area contributed by atoms with E-state index in [1.165, 1.54) is 0 Å². The Morgan fingerprint density at radius 1 is 1.16 bits per heavy atom. The van der Waals surface area contributed by atoms with Gasteiger partial charge in [-0.2, -0.15) is 5.26 Å². The number of anilines is 1. The van der Waals surface area contributed by atoms with Gasteiger partial charge in [0.15, 0.2) is 0 Å². The van der Waals surface area contributed by atoms with Gasteiger partial charge in [-0.1, -0.05) is 44.7 Å². The molecule has 1 aromatic carbocycles. The number of aliphatic hydroxyl groups is 1. The fraction of sp³-hybridized carbons (Fsp3) is 0.350. The first-order chi connectivity index (χ1) is 11.9. The highest BCUT2D eigenvalue weighted by Crippen LogP contribution is 2.22. The molecule has 0 saturated carbocycles. The van der Waals surface area contributed by atoms with E-state index >= 15 is 0 Å². The smallest absolute Gasteiger partial charge is 0.234 e. The summed E-state index contributed by atoms with van der Waals surface area (Å²) in [5, 5.41) is 17.8. The number of nitrogens with zero attached hydrogens (tertiary/aromatic N) is 4. The lowest BCUT2D eigenvalue weighted by atomic mass is 9.95. The Bertz CT molecular complexity index is 805. The summed E-state index contributed by atoms with van der Waals surface area (Å²) in [5.74, 6) is 6.45. The van der Waals surface area contributed by atoms with E-state index in [9.17, 15) is 0 Å². The van der Waals surface area contributed by atoms with Crippen LogP contribution in [-0.4, -0.2) is 28.2 Å². The highest BCUT2D eigenvalue weighted by Gasteiger charge is 2.18. The molecule has 2 rings (SSSR count). The summed E-state index contributed by atoms with van der Waals surface area (Å²) in [6.45, 7) is 7.82. The van der Waals surface area contributed by atoms with Crippen LogP contribution in [0.4, 0.5) is 5.82 Å². The predicted molar refractivity (Wildman–Crippen MR) is 97.7 cm³/mol. The molecule has 0 aliphatic carbocycles. The van der Waals surface area contributed by atoms with Crippen molar-refractivity contribution in [2.45, 2.75) is 27.3 Å². The molecule has 1 aromatic heterocycles. The first kappa shape index (κ1) is 18.4. The van der Waals surface area contributed by atoms with Crippen molar-refractivity contribution in [3.8, 4) is 17.9 Å². The van der Waals surface area contributed by atoms with E-state index in [2.05, 4.69) is 47.5 Å². The van der Waals surface area contributed by atoms with Crippen LogP contribution in [0.1, 0.15) is 37.7 Å². The molecule has 0 saturated heterocycles. The van der Waals surface area contributed by atoms with Crippen molar-refractivity contribution in [2.24, 2.45) is 5.41 Å². The molecule has 25 heavy (non-hydrogen) atoms. The van der Waals surface area contributed by atoms with Gasteiger partial charge in [-0.05, 0) is 29.2 Å². The van der Waals surface area contributed by atoms with E-state index in [-0.39, 0.29) is 17.8 Å². The van der Waals surface area contributed by atoms with E-state index in [1.807, 2.05) is 36.4 Å². The molecule has 0 atom stereocenters. The van der Waals surface area contributed by atoms with Gasteiger partial charge in [0.25, 0.3) is 0 Å². The van der Waals surface area contributed by atoms with Gasteiger partial charge in [-0.25, -0.2) is 9.97 Å². The monoisotopic (exact) mass is 334 g/mol. The molecule has 0 amide bonds. The van der Waals surface area contributed by atoms with E-state index < -0.39 is 0 Å². The number of rotatable bonds is 4. The van der Waals surface area contributed by atoms with Crippen LogP contribution < -0.4 is 4.90 Å². The summed E-state index contributed by atoms with van der Waals surface area (Å²) >= 11 is 0. The Hall–Kier alpha value is -2.89. The second-order valence-corrected chi connectivity index (χ2v) is 6.92. The van der Waals surface area contributed by atoms with Crippen molar-refractivity contribution in [3.05, 3.63) is 53.5 Å². The summed E-state index contributed by atoms with van der Waals surface area (Å²) in [7, 11) is 0. The van der Waals surface area contributed by atoms with Gasteiger partial charge in [0.2, 0.25) is 5.82 Å². The Kier molecular flexibility index (Phi) is 6.11. The first-order valence-electron chi connectivity index (χ1n) is 8.08. The highest BCUT2D eigenvalue weighted by atomic mass is 16.2. The highest BCUT2D eigenvalue weighted by molar-refractivity contribution is 5.42. The standard InChI is InChI=1S/C20H22N4O/c1-20(2,3)15-24(19-10-11-22-18(13-21)23-19)14-17-8-6-16(7-9-17)5-4-12-25/h6-11,25H,12,14-15H2,1-3H3. The zero-order valence-corrected chi connectivity index (χ0v) is 14.8. The van der Waals surface area contributed by atoms with Gasteiger partial charge in [-0.15, -0.1) is 0 Å². The van der Waals surface area contributed by atoms with Crippen LogP contribution in [0.5, 0.6) is 0 Å². The molecule has 128 valence electrons. The van der Waals surface area contributed by atoms with Crippen LogP contribution in [0.25, 0.3) is 0 Å². The predicted octanol–water partition coefficient (Wildman–Crippen LogP) is 2.74. The first-order valence-corrected chi connectivity index (χ1v) is 8.08. The van der Waals surface area contributed by atoms with E-state index in [0.717, 1.165) is 23.5 Å². The third-order valence-corrected chi connectivity index (χ3v) is 3.37. The van der Waals surface area contributed by atoms with E-state index in [4.69, 9.17) is 10.4 Å². The number of nitriles is 1. The second kappa shape index (κ2) is 8.28. The average Bonchev–Trinajstić information content (AvgIpc) is 2.59. The average molecular weight is 334 g/mol. The topological polar surface area (TPSA) is 73.0 Å². The number of benzene rings is 1. The van der Waals surface area contributed by atoms with Gasteiger partial charge >= 0.3 is 0 Å². The number of aromatic nitrogens is 2. The largest absolute Gasteiger partial charge is 0.384 e. The minimum Gasteiger partial charge on any atom is -0.384 e. The van der Waals surface area contributed by atoms with Crippen LogP contribution in [0.15, 0.2) is 36.5 Å². The van der Waals surface area contributed by atoms with Crippen molar-refractivity contribution in [3.63, 3.8) is 0 Å². The van der Waals surface area contributed by atoms with Gasteiger partial charge < -0.3 is 10.0 Å². The molecule has 5 heteroatoms. The lowest BCUT2D eigenvalue weighted by molar-refractivity contribution is 0.350. The fourth-order valence-electron chi connectivity index (χ4n) is 2.43. The molecule has 0 aliphatic heterocycles. The molecule has 1 heterocycles. The van der Waals surface area contributed by atoms with Crippen molar-refractivity contribution in [1.82, 2.24) is 9.97 Å². The molecule has 0 radical (unpaired) electrons. The molecule has 0 spiro atoms. The summed E-state index contributed by atoms with van der Waals surface area (Å²) < 4.78 is 0.